The highest BCUT2D eigenvalue weighted by atomic mass is 16.6. The standard InChI is InChI=1S/C37H43N3O5/c1-6-18-39(19-20-41)35(42)33-22-31-30-21-29(44-25-27-10-8-7-9-11-27)16-17-32(30)40(34(31)24-38(33)5)23-26-12-14-28(15-13-26)36(43)45-37(2,3)4/h7-17,20-21,33H,6,18-19,22-25H2,1-5H3. The van der Waals surface area contributed by atoms with E-state index in [0.717, 1.165) is 51.7 Å². The number of fused-ring (bicyclic) bond motifs is 3. The van der Waals surface area contributed by atoms with Crippen LogP contribution in [0.2, 0.25) is 0 Å². The number of ether oxygens (including phenoxy) is 2. The molecular weight excluding hydrogens is 566 g/mol. The minimum Gasteiger partial charge on any atom is -0.489 e. The molecule has 0 aliphatic carbocycles. The van der Waals surface area contributed by atoms with Crippen LogP contribution in [0.15, 0.2) is 72.8 Å². The van der Waals surface area contributed by atoms with Gasteiger partial charge in [0.2, 0.25) is 5.91 Å². The first kappa shape index (κ1) is 32.0. The van der Waals surface area contributed by atoms with Crippen molar-refractivity contribution in [1.82, 2.24) is 14.4 Å². The summed E-state index contributed by atoms with van der Waals surface area (Å²) in [7, 11) is 1.97. The van der Waals surface area contributed by atoms with Gasteiger partial charge < -0.3 is 23.7 Å². The molecule has 0 bridgehead atoms. The van der Waals surface area contributed by atoms with Crippen LogP contribution < -0.4 is 4.74 Å². The van der Waals surface area contributed by atoms with Gasteiger partial charge in [0.15, 0.2) is 0 Å². The highest BCUT2D eigenvalue weighted by Gasteiger charge is 2.35. The summed E-state index contributed by atoms with van der Waals surface area (Å²) >= 11 is 0. The van der Waals surface area contributed by atoms with E-state index < -0.39 is 5.60 Å². The Morgan fingerprint density at radius 3 is 2.40 bits per heavy atom. The second-order valence-corrected chi connectivity index (χ2v) is 12.7. The van der Waals surface area contributed by atoms with Crippen molar-refractivity contribution in [3.8, 4) is 5.75 Å². The lowest BCUT2D eigenvalue weighted by atomic mass is 9.96. The van der Waals surface area contributed by atoms with Crippen molar-refractivity contribution in [3.05, 3.63) is 101 Å². The zero-order valence-electron chi connectivity index (χ0n) is 26.9. The molecule has 3 aromatic carbocycles. The van der Waals surface area contributed by atoms with Crippen LogP contribution in [0.3, 0.4) is 0 Å². The highest BCUT2D eigenvalue weighted by molar-refractivity contribution is 5.91. The lowest BCUT2D eigenvalue weighted by molar-refractivity contribution is -0.138. The summed E-state index contributed by atoms with van der Waals surface area (Å²) in [6, 6.07) is 23.4. The van der Waals surface area contributed by atoms with E-state index in [-0.39, 0.29) is 24.5 Å². The molecule has 4 aromatic rings. The molecule has 1 aromatic heterocycles. The van der Waals surface area contributed by atoms with Crippen molar-refractivity contribution in [3.63, 3.8) is 0 Å². The molecule has 45 heavy (non-hydrogen) atoms. The molecule has 0 saturated carbocycles. The van der Waals surface area contributed by atoms with Gasteiger partial charge in [-0.05, 0) is 87.7 Å². The summed E-state index contributed by atoms with van der Waals surface area (Å²) in [5, 5.41) is 1.06. The summed E-state index contributed by atoms with van der Waals surface area (Å²) in [4.78, 5) is 41.4. The summed E-state index contributed by atoms with van der Waals surface area (Å²) in [5.41, 5.74) is 5.42. The van der Waals surface area contributed by atoms with Gasteiger partial charge in [-0.3, -0.25) is 9.69 Å². The van der Waals surface area contributed by atoms with Crippen molar-refractivity contribution in [2.45, 2.75) is 71.9 Å². The van der Waals surface area contributed by atoms with Gasteiger partial charge in [-0.25, -0.2) is 4.79 Å². The predicted molar refractivity (Wildman–Crippen MR) is 175 cm³/mol. The van der Waals surface area contributed by atoms with Crippen LogP contribution in [0.25, 0.3) is 10.9 Å². The van der Waals surface area contributed by atoms with Crippen LogP contribution in [0.5, 0.6) is 5.75 Å². The van der Waals surface area contributed by atoms with Crippen LogP contribution >= 0.6 is 0 Å². The Labute approximate surface area is 265 Å². The summed E-state index contributed by atoms with van der Waals surface area (Å²) in [6.45, 7) is 9.88. The number of aromatic nitrogens is 1. The Kier molecular flexibility index (Phi) is 9.73. The van der Waals surface area contributed by atoms with Crippen molar-refractivity contribution in [2.75, 3.05) is 20.1 Å². The van der Waals surface area contributed by atoms with Crippen molar-refractivity contribution >= 4 is 29.1 Å². The van der Waals surface area contributed by atoms with Crippen molar-refractivity contribution < 1.29 is 23.9 Å². The van der Waals surface area contributed by atoms with Gasteiger partial charge in [-0.15, -0.1) is 0 Å². The maximum atomic E-state index is 13.7. The van der Waals surface area contributed by atoms with E-state index in [1.807, 2.05) is 95.4 Å². The molecule has 0 saturated heterocycles. The maximum Gasteiger partial charge on any atom is 0.338 e. The lowest BCUT2D eigenvalue weighted by Crippen LogP contribution is -2.51. The molecule has 0 N–H and O–H groups in total. The first-order valence-corrected chi connectivity index (χ1v) is 15.6. The first-order chi connectivity index (χ1) is 21.6. The zero-order chi connectivity index (χ0) is 32.1. The Bertz CT molecular complexity index is 1650. The fourth-order valence-electron chi connectivity index (χ4n) is 5.98. The molecule has 0 spiro atoms. The van der Waals surface area contributed by atoms with Gasteiger partial charge in [0.1, 0.15) is 24.2 Å². The smallest absolute Gasteiger partial charge is 0.338 e. The van der Waals surface area contributed by atoms with E-state index in [4.69, 9.17) is 9.47 Å². The number of nitrogens with zero attached hydrogens (tertiary/aromatic N) is 3. The molecule has 8 nitrogen and oxygen atoms in total. The first-order valence-electron chi connectivity index (χ1n) is 15.6. The maximum absolute atomic E-state index is 13.7. The molecule has 1 amide bonds. The van der Waals surface area contributed by atoms with Gasteiger partial charge in [0, 0.05) is 36.2 Å². The van der Waals surface area contributed by atoms with E-state index in [1.165, 1.54) is 0 Å². The number of carbonyl (C=O) groups excluding carboxylic acids is 3. The molecule has 2 heterocycles. The fraction of sp³-hybridized carbons (Fsp3) is 0.378. The average Bonchev–Trinajstić information content (AvgIpc) is 3.30. The van der Waals surface area contributed by atoms with Gasteiger partial charge >= 0.3 is 5.97 Å². The Balaban J connectivity index is 1.49. The van der Waals surface area contributed by atoms with Gasteiger partial charge in [-0.2, -0.15) is 0 Å². The normalized spacial score (nSPS) is 15.0. The number of hydrogen-bond donors (Lipinski definition) is 0. The van der Waals surface area contributed by atoms with Crippen LogP contribution in [-0.2, 0) is 40.4 Å². The number of carbonyl (C=O) groups is 3. The lowest BCUT2D eigenvalue weighted by Gasteiger charge is -2.35. The number of likely N-dealkylation sites (N-methyl/N-ethyl adjacent to an activating group) is 1. The van der Waals surface area contributed by atoms with Gasteiger partial charge in [0.25, 0.3) is 0 Å². The van der Waals surface area contributed by atoms with E-state index in [9.17, 15) is 14.4 Å². The molecule has 236 valence electrons. The van der Waals surface area contributed by atoms with Crippen LogP contribution in [-0.4, -0.2) is 64.3 Å². The number of rotatable bonds is 11. The minimum atomic E-state index is -0.561. The second kappa shape index (κ2) is 13.7. The number of hydrogen-bond acceptors (Lipinski definition) is 6. The van der Waals surface area contributed by atoms with E-state index in [1.54, 1.807) is 4.90 Å². The summed E-state index contributed by atoms with van der Waals surface area (Å²) < 4.78 is 14.1. The van der Waals surface area contributed by atoms with Crippen LogP contribution in [0.1, 0.15) is 66.9 Å². The monoisotopic (exact) mass is 609 g/mol. The number of esters is 1. The Hall–Kier alpha value is -4.43. The van der Waals surface area contributed by atoms with Crippen LogP contribution in [0.4, 0.5) is 0 Å². The quantitative estimate of drug-likeness (QED) is 0.153. The summed E-state index contributed by atoms with van der Waals surface area (Å²) in [5.74, 6) is 0.403. The molecule has 1 atom stereocenters. The van der Waals surface area contributed by atoms with Gasteiger partial charge in [0.05, 0.1) is 18.2 Å². The number of amides is 1. The largest absolute Gasteiger partial charge is 0.489 e. The van der Waals surface area contributed by atoms with Crippen molar-refractivity contribution in [2.24, 2.45) is 0 Å². The molecule has 0 fully saturated rings. The third kappa shape index (κ3) is 7.45. The molecular formula is C37H43N3O5. The second-order valence-electron chi connectivity index (χ2n) is 12.7. The fourth-order valence-corrected chi connectivity index (χ4v) is 5.98. The van der Waals surface area contributed by atoms with E-state index in [0.29, 0.717) is 38.2 Å². The number of benzene rings is 3. The van der Waals surface area contributed by atoms with Crippen LogP contribution in [0, 0.1) is 0 Å². The third-order valence-corrected chi connectivity index (χ3v) is 8.15. The minimum absolute atomic E-state index is 0.0211. The Morgan fingerprint density at radius 2 is 1.73 bits per heavy atom. The molecule has 1 aliphatic heterocycles. The molecule has 1 aliphatic rings. The SMILES string of the molecule is CCCN(CC=O)C(=O)C1Cc2c(n(Cc3ccc(C(=O)OC(C)(C)C)cc3)c3ccc(OCc4ccccc4)cc23)CN1C. The molecule has 0 radical (unpaired) electrons. The predicted octanol–water partition coefficient (Wildman–Crippen LogP) is 6.02. The Morgan fingerprint density at radius 1 is 1.00 bits per heavy atom. The topological polar surface area (TPSA) is 81.1 Å². The molecule has 8 heteroatoms. The van der Waals surface area contributed by atoms with E-state index >= 15 is 0 Å². The highest BCUT2D eigenvalue weighted by Crippen LogP contribution is 2.36. The third-order valence-electron chi connectivity index (χ3n) is 8.15. The summed E-state index contributed by atoms with van der Waals surface area (Å²) in [6.07, 6.45) is 2.13. The molecule has 5 rings (SSSR count). The zero-order valence-corrected chi connectivity index (χ0v) is 26.9. The van der Waals surface area contributed by atoms with Crippen molar-refractivity contribution in [1.29, 1.82) is 0 Å². The average molecular weight is 610 g/mol. The van der Waals surface area contributed by atoms with E-state index in [2.05, 4.69) is 21.6 Å². The molecule has 1 unspecified atom stereocenters. The van der Waals surface area contributed by atoms with Gasteiger partial charge in [-0.1, -0.05) is 49.4 Å². The number of aldehydes is 1.